The van der Waals surface area contributed by atoms with Gasteiger partial charge in [-0.15, -0.1) is 0 Å². The highest BCUT2D eigenvalue weighted by atomic mass is 15.0. The Balaban J connectivity index is 1.17. The van der Waals surface area contributed by atoms with Crippen LogP contribution in [0.2, 0.25) is 0 Å². The van der Waals surface area contributed by atoms with E-state index in [1.165, 1.54) is 0 Å². The normalized spacial score (nSPS) is 12.3. The number of rotatable bonds is 6. The molecule has 2 aromatic heterocycles. The molecule has 0 aliphatic carbocycles. The van der Waals surface area contributed by atoms with Gasteiger partial charge in [-0.1, -0.05) is 152 Å². The summed E-state index contributed by atoms with van der Waals surface area (Å²) in [6.07, 6.45) is 0. The van der Waals surface area contributed by atoms with Crippen LogP contribution in [0.5, 0.6) is 0 Å². The topological polar surface area (TPSA) is 9.86 Å². The number of nitrogens with zero attached hydrogens (tertiary/aromatic N) is 2. The van der Waals surface area contributed by atoms with Crippen LogP contribution < -0.4 is 0 Å². The molecule has 9 aromatic carbocycles. The minimum absolute atomic E-state index is 0.0359. The fourth-order valence-electron chi connectivity index (χ4n) is 8.45. The number of hydrogen-bond donors (Lipinski definition) is 0. The maximum Gasteiger partial charge on any atom is 0.0645 e. The average Bonchev–Trinajstić information content (AvgIpc) is 3.83. The fraction of sp³-hybridized carbons (Fsp3) is 0. The van der Waals surface area contributed by atoms with Crippen LogP contribution in [0.25, 0.3) is 99.5 Å². The lowest BCUT2D eigenvalue weighted by Crippen LogP contribution is -1.94. The quantitative estimate of drug-likeness (QED) is 0.162. The monoisotopic (exact) mass is 715 g/mol. The minimum Gasteiger partial charge on any atom is -0.309 e. The van der Waals surface area contributed by atoms with Crippen molar-refractivity contribution in [2.45, 2.75) is 0 Å². The van der Waals surface area contributed by atoms with Crippen molar-refractivity contribution in [2.24, 2.45) is 0 Å². The molecule has 11 rings (SSSR count). The van der Waals surface area contributed by atoms with E-state index in [1.54, 1.807) is 0 Å². The van der Waals surface area contributed by atoms with Crippen LogP contribution in [0.15, 0.2) is 218 Å². The lowest BCUT2D eigenvalue weighted by molar-refractivity contribution is 1.18. The van der Waals surface area contributed by atoms with E-state index in [0.717, 1.165) is 83.0 Å². The molecule has 0 saturated carbocycles. The molecule has 0 N–H and O–H groups in total. The molecule has 2 nitrogen and oxygen atoms in total. The molecule has 11 aromatic rings. The van der Waals surface area contributed by atoms with Crippen LogP contribution in [0, 0.1) is 0 Å². The van der Waals surface area contributed by atoms with E-state index in [9.17, 15) is 4.11 Å². The van der Waals surface area contributed by atoms with Crippen LogP contribution in [0.1, 0.15) is 4.11 Å². The number of hydrogen-bond acceptors (Lipinski definition) is 0. The zero-order chi connectivity index (χ0) is 39.6. The molecule has 2 heterocycles. The van der Waals surface area contributed by atoms with Crippen molar-refractivity contribution in [3.8, 4) is 55.9 Å². The van der Waals surface area contributed by atoms with Gasteiger partial charge in [-0.25, -0.2) is 0 Å². The van der Waals surface area contributed by atoms with E-state index < -0.39 is 0 Å². The van der Waals surface area contributed by atoms with Gasteiger partial charge in [-0.3, -0.25) is 0 Å². The van der Waals surface area contributed by atoms with E-state index in [4.69, 9.17) is 0 Å². The summed E-state index contributed by atoms with van der Waals surface area (Å²) >= 11 is 0. The van der Waals surface area contributed by atoms with Gasteiger partial charge in [0.15, 0.2) is 0 Å². The summed E-state index contributed by atoms with van der Waals surface area (Å²) in [6, 6.07) is 69.3. The Labute approximate surface area is 330 Å². The lowest BCUT2D eigenvalue weighted by atomic mass is 9.95. The van der Waals surface area contributed by atoms with Crippen LogP contribution >= 0.6 is 0 Å². The largest absolute Gasteiger partial charge is 0.309 e. The van der Waals surface area contributed by atoms with Gasteiger partial charge in [0.1, 0.15) is 0 Å². The summed E-state index contributed by atoms with van der Waals surface area (Å²) < 4.78 is 33.8. The molecular formula is C54H36N2. The SMILES string of the molecule is [2H]c1c(-c2ccc3c(c2)c2ccccc2n3-c2cccc(-c3ccccc3)c2)c([2H])c2c3c(-c4cccc(-c5ccccc5)c4)cccc3n(-c3ccccc3)c2c1[2H]. The Morgan fingerprint density at radius 1 is 0.304 bits per heavy atom. The van der Waals surface area contributed by atoms with E-state index in [0.29, 0.717) is 16.5 Å². The summed E-state index contributed by atoms with van der Waals surface area (Å²) in [5.41, 5.74) is 13.2. The Bertz CT molecular complexity index is 3400. The van der Waals surface area contributed by atoms with Crippen molar-refractivity contribution >= 4 is 43.6 Å². The molecular weight excluding hydrogens is 677 g/mol. The molecule has 0 radical (unpaired) electrons. The third-order valence-electron chi connectivity index (χ3n) is 11.0. The van der Waals surface area contributed by atoms with Crippen molar-refractivity contribution in [3.63, 3.8) is 0 Å². The molecule has 0 aliphatic rings. The second kappa shape index (κ2) is 13.2. The van der Waals surface area contributed by atoms with Gasteiger partial charge in [0.25, 0.3) is 0 Å². The van der Waals surface area contributed by atoms with Crippen molar-refractivity contribution in [1.29, 1.82) is 0 Å². The minimum atomic E-state index is 0.0359. The predicted octanol–water partition coefficient (Wildman–Crippen LogP) is 14.5. The second-order valence-electron chi connectivity index (χ2n) is 14.3. The van der Waals surface area contributed by atoms with E-state index in [-0.39, 0.29) is 18.1 Å². The van der Waals surface area contributed by atoms with Gasteiger partial charge in [0, 0.05) is 32.9 Å². The first-order valence-corrected chi connectivity index (χ1v) is 19.0. The molecule has 0 spiro atoms. The van der Waals surface area contributed by atoms with Crippen molar-refractivity contribution in [2.75, 3.05) is 0 Å². The zero-order valence-corrected chi connectivity index (χ0v) is 30.4. The zero-order valence-electron chi connectivity index (χ0n) is 33.4. The molecule has 0 atom stereocenters. The molecule has 0 unspecified atom stereocenters. The maximum atomic E-state index is 10.1. The number of fused-ring (bicyclic) bond motifs is 6. The Kier molecular flexibility index (Phi) is 6.81. The molecule has 0 saturated heterocycles. The Morgan fingerprint density at radius 3 is 1.64 bits per heavy atom. The summed E-state index contributed by atoms with van der Waals surface area (Å²) in [5.74, 6) is 0. The first kappa shape index (κ1) is 29.0. The first-order chi connectivity index (χ1) is 29.0. The Morgan fingerprint density at radius 2 is 0.857 bits per heavy atom. The van der Waals surface area contributed by atoms with Gasteiger partial charge in [0.2, 0.25) is 0 Å². The fourth-order valence-corrected chi connectivity index (χ4v) is 8.45. The number of para-hydroxylation sites is 2. The van der Waals surface area contributed by atoms with Gasteiger partial charge < -0.3 is 9.13 Å². The third-order valence-corrected chi connectivity index (χ3v) is 11.0. The third kappa shape index (κ3) is 5.26. The number of benzene rings is 9. The van der Waals surface area contributed by atoms with Crippen molar-refractivity contribution < 1.29 is 4.11 Å². The average molecular weight is 716 g/mol. The van der Waals surface area contributed by atoms with Crippen LogP contribution in [0.3, 0.4) is 0 Å². The van der Waals surface area contributed by atoms with Crippen LogP contribution in [-0.2, 0) is 0 Å². The molecule has 0 fully saturated rings. The highest BCUT2D eigenvalue weighted by molar-refractivity contribution is 6.17. The van der Waals surface area contributed by atoms with E-state index in [1.807, 2.05) is 48.5 Å². The molecule has 262 valence electrons. The Hall–Kier alpha value is -7.42. The lowest BCUT2D eigenvalue weighted by Gasteiger charge is -2.11. The first-order valence-electron chi connectivity index (χ1n) is 20.5. The molecule has 0 bridgehead atoms. The molecule has 2 heteroatoms. The maximum absolute atomic E-state index is 10.1. The van der Waals surface area contributed by atoms with Crippen molar-refractivity contribution in [3.05, 3.63) is 218 Å². The molecule has 56 heavy (non-hydrogen) atoms. The van der Waals surface area contributed by atoms with Gasteiger partial charge in [-0.2, -0.15) is 0 Å². The van der Waals surface area contributed by atoms with Gasteiger partial charge >= 0.3 is 0 Å². The standard InChI is InChI=1S/C54H36N2/c1-4-15-37(16-5-1)39-19-12-21-43(33-39)46-26-14-28-53-54(46)49-36-42(30-32-52(49)55(53)44-22-8-3-9-23-44)41-29-31-51-48(35-41)47-25-10-11-27-50(47)56(51)45-24-13-20-40(34-45)38-17-6-2-7-18-38/h1-36H/i30D,32D,36D. The van der Waals surface area contributed by atoms with Crippen LogP contribution in [-0.4, -0.2) is 9.13 Å². The number of aromatic nitrogens is 2. The van der Waals surface area contributed by atoms with Gasteiger partial charge in [0.05, 0.1) is 26.2 Å². The summed E-state index contributed by atoms with van der Waals surface area (Å²) in [4.78, 5) is 0. The summed E-state index contributed by atoms with van der Waals surface area (Å²) in [6.45, 7) is 0. The second-order valence-corrected chi connectivity index (χ2v) is 14.3. The molecule has 0 amide bonds. The predicted molar refractivity (Wildman–Crippen MR) is 237 cm³/mol. The smallest absolute Gasteiger partial charge is 0.0645 e. The van der Waals surface area contributed by atoms with Gasteiger partial charge in [-0.05, 0) is 111 Å². The highest BCUT2D eigenvalue weighted by Gasteiger charge is 2.19. The summed E-state index contributed by atoms with van der Waals surface area (Å²) in [7, 11) is 0. The highest BCUT2D eigenvalue weighted by Crippen LogP contribution is 2.42. The van der Waals surface area contributed by atoms with E-state index in [2.05, 4.69) is 161 Å². The van der Waals surface area contributed by atoms with E-state index >= 15 is 0 Å². The van der Waals surface area contributed by atoms with Crippen LogP contribution in [0.4, 0.5) is 0 Å². The molecule has 0 aliphatic heterocycles. The summed E-state index contributed by atoms with van der Waals surface area (Å²) in [5, 5.41) is 3.67. The van der Waals surface area contributed by atoms with Crippen molar-refractivity contribution in [1.82, 2.24) is 9.13 Å².